The number of carbonyl (C=O) groups excluding carboxylic acids is 2. The first-order chi connectivity index (χ1) is 10.4. The molecule has 0 aliphatic rings. The minimum atomic E-state index is -0.893. The van der Waals surface area contributed by atoms with Crippen LogP contribution in [0.25, 0.3) is 0 Å². The van der Waals surface area contributed by atoms with E-state index in [0.717, 1.165) is 38.5 Å². The molecule has 0 heterocycles. The monoisotopic (exact) mass is 392 g/mol. The standard InChI is InChI=1S/2C8H16O2.O.Zr/c2*1-3-5-6-7(4-2)8(9)10;;/h2*7H,3-6H2,1-2H3,(H,9,10);;/q;;;+2/p-2. The van der Waals surface area contributed by atoms with Crippen molar-refractivity contribution in [1.29, 1.82) is 0 Å². The molecular formula is C16H30O5Zr. The van der Waals surface area contributed by atoms with E-state index in [4.69, 9.17) is 2.81 Å². The third-order valence-corrected chi connectivity index (χ3v) is 3.46. The summed E-state index contributed by atoms with van der Waals surface area (Å²) in [6, 6.07) is 0. The van der Waals surface area contributed by atoms with Crippen LogP contribution in [0.15, 0.2) is 0 Å². The summed E-state index contributed by atoms with van der Waals surface area (Å²) in [6.45, 7) is 7.89. The number of hydrogen-bond acceptors (Lipinski definition) is 5. The molecule has 0 saturated heterocycles. The molecule has 128 valence electrons. The first-order valence-electron chi connectivity index (χ1n) is 8.06. The van der Waals surface area contributed by atoms with Gasteiger partial charge in [-0.3, -0.25) is 0 Å². The molecule has 0 radical (unpaired) electrons. The number of unbranched alkanes of at least 4 members (excludes halogenated alkanes) is 2. The molecule has 0 aromatic heterocycles. The number of carboxylic acids is 2. The van der Waals surface area contributed by atoms with Gasteiger partial charge >= 0.3 is 27.5 Å². The van der Waals surface area contributed by atoms with Gasteiger partial charge in [0.15, 0.2) is 0 Å². The van der Waals surface area contributed by atoms with Crippen molar-refractivity contribution < 1.29 is 47.3 Å². The molecule has 2 unspecified atom stereocenters. The van der Waals surface area contributed by atoms with Crippen molar-refractivity contribution in [3.05, 3.63) is 0 Å². The SMILES string of the molecule is CCCCC(CC)C(=O)[O-].CCCCC(CC)C(=O)[O-].[O]=[Zr+2]. The second-order valence-electron chi connectivity index (χ2n) is 5.13. The van der Waals surface area contributed by atoms with Gasteiger partial charge in [-0.15, -0.1) is 0 Å². The molecule has 0 aromatic carbocycles. The third kappa shape index (κ3) is 17.7. The number of aliphatic carboxylic acids is 2. The molecule has 0 N–H and O–H groups in total. The van der Waals surface area contributed by atoms with Crippen molar-refractivity contribution in [3.8, 4) is 0 Å². The summed E-state index contributed by atoms with van der Waals surface area (Å²) >= 11 is 0.300. The molecule has 0 saturated carbocycles. The maximum atomic E-state index is 10.3. The molecule has 2 atom stereocenters. The van der Waals surface area contributed by atoms with E-state index in [1.807, 2.05) is 13.8 Å². The van der Waals surface area contributed by atoms with Crippen molar-refractivity contribution in [2.45, 2.75) is 79.1 Å². The van der Waals surface area contributed by atoms with Crippen LogP contribution in [0.4, 0.5) is 0 Å². The molecule has 6 heteroatoms. The number of carboxylic acid groups (broad SMARTS) is 2. The van der Waals surface area contributed by atoms with E-state index in [0.29, 0.717) is 37.6 Å². The summed E-state index contributed by atoms with van der Waals surface area (Å²) in [5.41, 5.74) is 0. The predicted molar refractivity (Wildman–Crippen MR) is 77.3 cm³/mol. The van der Waals surface area contributed by atoms with Crippen molar-refractivity contribution in [2.75, 3.05) is 0 Å². The summed E-state index contributed by atoms with van der Waals surface area (Å²) in [7, 11) is 0. The Labute approximate surface area is 150 Å². The van der Waals surface area contributed by atoms with Crippen LogP contribution in [0.3, 0.4) is 0 Å². The molecule has 0 amide bonds. The Balaban J connectivity index is -0.000000294. The molecule has 0 aliphatic heterocycles. The molecule has 0 aliphatic carbocycles. The van der Waals surface area contributed by atoms with Gasteiger partial charge in [0, 0.05) is 11.9 Å². The fourth-order valence-corrected chi connectivity index (χ4v) is 1.88. The van der Waals surface area contributed by atoms with Crippen LogP contribution in [0.1, 0.15) is 79.1 Å². The Bertz CT molecular complexity index is 245. The molecule has 0 bridgehead atoms. The molecule has 0 rings (SSSR count). The van der Waals surface area contributed by atoms with Gasteiger partial charge in [-0.05, 0) is 37.5 Å². The van der Waals surface area contributed by atoms with E-state index < -0.39 is 11.9 Å². The first-order valence-corrected chi connectivity index (χ1v) is 9.06. The predicted octanol–water partition coefficient (Wildman–Crippen LogP) is 1.78. The zero-order valence-electron chi connectivity index (χ0n) is 14.4. The van der Waals surface area contributed by atoms with Gasteiger partial charge in [0.05, 0.1) is 0 Å². The zero-order chi connectivity index (χ0) is 18.0. The van der Waals surface area contributed by atoms with Gasteiger partial charge in [0.1, 0.15) is 0 Å². The van der Waals surface area contributed by atoms with E-state index in [1.54, 1.807) is 0 Å². The Morgan fingerprint density at radius 1 is 0.773 bits per heavy atom. The van der Waals surface area contributed by atoms with Crippen LogP contribution in [0.2, 0.25) is 0 Å². The summed E-state index contributed by atoms with van der Waals surface area (Å²) < 4.78 is 8.34. The third-order valence-electron chi connectivity index (χ3n) is 3.46. The van der Waals surface area contributed by atoms with Gasteiger partial charge < -0.3 is 19.8 Å². The van der Waals surface area contributed by atoms with Crippen molar-refractivity contribution in [1.82, 2.24) is 0 Å². The van der Waals surface area contributed by atoms with Crippen molar-refractivity contribution in [2.24, 2.45) is 11.8 Å². The maximum absolute atomic E-state index is 10.3. The molecule has 22 heavy (non-hydrogen) atoms. The summed E-state index contributed by atoms with van der Waals surface area (Å²) in [6.07, 6.45) is 7.04. The second kappa shape index (κ2) is 20.6. The van der Waals surface area contributed by atoms with E-state index >= 15 is 0 Å². The fourth-order valence-electron chi connectivity index (χ4n) is 1.88. The molecule has 5 nitrogen and oxygen atoms in total. The van der Waals surface area contributed by atoms with Crippen LogP contribution in [0.5, 0.6) is 0 Å². The van der Waals surface area contributed by atoms with Crippen LogP contribution < -0.4 is 10.2 Å². The van der Waals surface area contributed by atoms with Gasteiger partial charge in [-0.25, -0.2) is 0 Å². The zero-order valence-corrected chi connectivity index (χ0v) is 16.8. The Kier molecular flexibility index (Phi) is 24.9. The number of hydrogen-bond donors (Lipinski definition) is 0. The van der Waals surface area contributed by atoms with Gasteiger partial charge in [0.25, 0.3) is 0 Å². The number of carbonyl (C=O) groups is 2. The topological polar surface area (TPSA) is 97.3 Å². The molecule has 0 fully saturated rings. The fraction of sp³-hybridized carbons (Fsp3) is 0.875. The van der Waals surface area contributed by atoms with Crippen LogP contribution in [-0.4, -0.2) is 11.9 Å². The Morgan fingerprint density at radius 3 is 1.18 bits per heavy atom. The Morgan fingerprint density at radius 2 is 1.05 bits per heavy atom. The van der Waals surface area contributed by atoms with Crippen molar-refractivity contribution in [3.63, 3.8) is 0 Å². The van der Waals surface area contributed by atoms with Crippen LogP contribution >= 0.6 is 0 Å². The van der Waals surface area contributed by atoms with Gasteiger partial charge in [-0.2, -0.15) is 0 Å². The quantitative estimate of drug-likeness (QED) is 0.563. The Hall–Kier alpha value is -0.377. The average Bonchev–Trinajstić information content (AvgIpc) is 2.51. The van der Waals surface area contributed by atoms with E-state index in [-0.39, 0.29) is 11.8 Å². The second-order valence-corrected chi connectivity index (χ2v) is 5.13. The molecule has 0 aromatic rings. The summed E-state index contributed by atoms with van der Waals surface area (Å²) in [5.74, 6) is -2.23. The first kappa shape index (κ1) is 26.5. The van der Waals surface area contributed by atoms with Gasteiger partial charge in [0.2, 0.25) is 0 Å². The average molecular weight is 394 g/mol. The summed E-state index contributed by atoms with van der Waals surface area (Å²) in [5, 5.41) is 20.7. The van der Waals surface area contributed by atoms with Crippen LogP contribution in [-0.2, 0) is 37.1 Å². The van der Waals surface area contributed by atoms with Crippen LogP contribution in [0, 0.1) is 11.8 Å². The van der Waals surface area contributed by atoms with Crippen molar-refractivity contribution >= 4 is 11.9 Å². The summed E-state index contributed by atoms with van der Waals surface area (Å²) in [4.78, 5) is 20.7. The molecule has 0 spiro atoms. The van der Waals surface area contributed by atoms with E-state index in [9.17, 15) is 19.8 Å². The molecular weight excluding hydrogens is 363 g/mol. The number of rotatable bonds is 10. The van der Waals surface area contributed by atoms with Gasteiger partial charge in [-0.1, -0.05) is 53.4 Å². The normalized spacial score (nSPS) is 12.1. The van der Waals surface area contributed by atoms with E-state index in [2.05, 4.69) is 13.8 Å². The van der Waals surface area contributed by atoms with E-state index in [1.165, 1.54) is 0 Å². The minimum absolute atomic E-state index is 0.222.